The number of aromatic nitrogens is 2. The number of nitriles is 1. The van der Waals surface area contributed by atoms with Gasteiger partial charge in [0.1, 0.15) is 0 Å². The third-order valence-corrected chi connectivity index (χ3v) is 9.17. The number of hydrogen-bond donors (Lipinski definition) is 0. The second kappa shape index (κ2) is 10.4. The number of fused-ring (bicyclic) bond motifs is 6. The molecular weight excluding hydrogens is 558 g/mol. The molecule has 0 aliphatic heterocycles. The molecule has 0 bridgehead atoms. The lowest BCUT2D eigenvalue weighted by Crippen LogP contribution is -1.94. The fourth-order valence-electron chi connectivity index (χ4n) is 6.99. The first kappa shape index (κ1) is 26.1. The summed E-state index contributed by atoms with van der Waals surface area (Å²) in [6.45, 7) is 0. The summed E-state index contributed by atoms with van der Waals surface area (Å²) in [5.41, 5.74) is 12.3. The van der Waals surface area contributed by atoms with Gasteiger partial charge in [0.25, 0.3) is 0 Å². The Labute approximate surface area is 266 Å². The highest BCUT2D eigenvalue weighted by Gasteiger charge is 2.15. The van der Waals surface area contributed by atoms with Crippen LogP contribution in [0.4, 0.5) is 0 Å². The molecular formula is C43H27N3. The first-order chi connectivity index (χ1) is 22.8. The maximum atomic E-state index is 9.51. The van der Waals surface area contributed by atoms with Crippen LogP contribution in [-0.4, -0.2) is 9.13 Å². The van der Waals surface area contributed by atoms with E-state index < -0.39 is 0 Å². The van der Waals surface area contributed by atoms with Crippen molar-refractivity contribution in [2.75, 3.05) is 0 Å². The van der Waals surface area contributed by atoms with E-state index in [1.54, 1.807) is 0 Å². The van der Waals surface area contributed by atoms with Crippen LogP contribution in [0.15, 0.2) is 164 Å². The number of benzene rings is 7. The molecule has 0 radical (unpaired) electrons. The predicted molar refractivity (Wildman–Crippen MR) is 191 cm³/mol. The van der Waals surface area contributed by atoms with E-state index in [0.717, 1.165) is 33.2 Å². The third-order valence-electron chi connectivity index (χ3n) is 9.17. The molecule has 2 heterocycles. The average molecular weight is 586 g/mol. The van der Waals surface area contributed by atoms with Gasteiger partial charge in [-0.1, -0.05) is 97.1 Å². The molecule has 0 amide bonds. The van der Waals surface area contributed by atoms with Gasteiger partial charge in [0.15, 0.2) is 0 Å². The Morgan fingerprint density at radius 3 is 1.37 bits per heavy atom. The second-order valence-corrected chi connectivity index (χ2v) is 11.7. The summed E-state index contributed by atoms with van der Waals surface area (Å²) >= 11 is 0. The lowest BCUT2D eigenvalue weighted by Gasteiger charge is -2.11. The van der Waals surface area contributed by atoms with E-state index in [4.69, 9.17) is 0 Å². The first-order valence-electron chi connectivity index (χ1n) is 15.5. The zero-order chi connectivity index (χ0) is 30.6. The van der Waals surface area contributed by atoms with Crippen molar-refractivity contribution in [1.29, 1.82) is 5.26 Å². The molecule has 0 saturated carbocycles. The van der Waals surface area contributed by atoms with Gasteiger partial charge in [-0.25, -0.2) is 0 Å². The molecule has 9 aromatic rings. The van der Waals surface area contributed by atoms with Crippen molar-refractivity contribution in [2.24, 2.45) is 0 Å². The molecule has 0 N–H and O–H groups in total. The van der Waals surface area contributed by atoms with Crippen LogP contribution < -0.4 is 0 Å². The van der Waals surface area contributed by atoms with Crippen molar-refractivity contribution in [3.8, 4) is 39.7 Å². The Morgan fingerprint density at radius 2 is 0.783 bits per heavy atom. The van der Waals surface area contributed by atoms with Crippen molar-refractivity contribution in [2.45, 2.75) is 0 Å². The second-order valence-electron chi connectivity index (χ2n) is 11.7. The molecule has 214 valence electrons. The van der Waals surface area contributed by atoms with Crippen LogP contribution in [0, 0.1) is 11.3 Å². The smallest absolute Gasteiger partial charge is 0.0991 e. The minimum absolute atomic E-state index is 0.673. The van der Waals surface area contributed by atoms with E-state index in [9.17, 15) is 5.26 Å². The van der Waals surface area contributed by atoms with Gasteiger partial charge in [0.2, 0.25) is 0 Å². The average Bonchev–Trinajstić information content (AvgIpc) is 3.64. The van der Waals surface area contributed by atoms with Gasteiger partial charge < -0.3 is 9.13 Å². The van der Waals surface area contributed by atoms with Crippen molar-refractivity contribution in [1.82, 2.24) is 9.13 Å². The van der Waals surface area contributed by atoms with Crippen molar-refractivity contribution >= 4 is 43.6 Å². The topological polar surface area (TPSA) is 33.6 Å². The molecule has 0 atom stereocenters. The molecule has 2 aromatic heterocycles. The van der Waals surface area contributed by atoms with E-state index in [0.29, 0.717) is 5.56 Å². The van der Waals surface area contributed by atoms with Crippen LogP contribution >= 0.6 is 0 Å². The van der Waals surface area contributed by atoms with E-state index >= 15 is 0 Å². The van der Waals surface area contributed by atoms with E-state index in [2.05, 4.69) is 167 Å². The summed E-state index contributed by atoms with van der Waals surface area (Å²) in [4.78, 5) is 0. The van der Waals surface area contributed by atoms with Gasteiger partial charge in [-0.2, -0.15) is 5.26 Å². The first-order valence-corrected chi connectivity index (χ1v) is 15.5. The summed E-state index contributed by atoms with van der Waals surface area (Å²) in [6.07, 6.45) is 0. The predicted octanol–water partition coefficient (Wildman–Crippen LogP) is 11.1. The van der Waals surface area contributed by atoms with Gasteiger partial charge in [0.05, 0.1) is 33.7 Å². The minimum atomic E-state index is 0.673. The standard InChI is InChI=1S/C43H27N3/c44-28-29-14-24-42-38(26-29)36-10-4-6-12-40(36)45(42)35-22-17-32(18-23-35)33-19-25-43-39(27-33)37-11-5-7-13-41(37)46(43)34-20-15-31(16-21-34)30-8-2-1-3-9-30/h1-27H. The molecule has 0 spiro atoms. The van der Waals surface area contributed by atoms with Crippen molar-refractivity contribution in [3.63, 3.8) is 0 Å². The van der Waals surface area contributed by atoms with Crippen LogP contribution in [-0.2, 0) is 0 Å². The van der Waals surface area contributed by atoms with Gasteiger partial charge in [0, 0.05) is 32.9 Å². The van der Waals surface area contributed by atoms with Gasteiger partial charge in [-0.3, -0.25) is 0 Å². The quantitative estimate of drug-likeness (QED) is 0.202. The van der Waals surface area contributed by atoms with Crippen LogP contribution in [0.2, 0.25) is 0 Å². The Hall–Kier alpha value is -6.37. The Kier molecular flexibility index (Phi) is 5.88. The Balaban J connectivity index is 1.13. The summed E-state index contributed by atoms with van der Waals surface area (Å²) in [7, 11) is 0. The summed E-state index contributed by atoms with van der Waals surface area (Å²) in [6, 6.07) is 60.3. The minimum Gasteiger partial charge on any atom is -0.309 e. The molecule has 0 unspecified atom stereocenters. The maximum absolute atomic E-state index is 9.51. The van der Waals surface area contributed by atoms with Gasteiger partial charge >= 0.3 is 0 Å². The molecule has 46 heavy (non-hydrogen) atoms. The van der Waals surface area contributed by atoms with Crippen LogP contribution in [0.5, 0.6) is 0 Å². The SMILES string of the molecule is N#Cc1ccc2c(c1)c1ccccc1n2-c1ccc(-c2ccc3c(c2)c2ccccc2n3-c2ccc(-c3ccccc3)cc2)cc1. The molecule has 0 aliphatic rings. The Bertz CT molecular complexity index is 2610. The highest BCUT2D eigenvalue weighted by Crippen LogP contribution is 2.37. The monoisotopic (exact) mass is 585 g/mol. The summed E-state index contributed by atoms with van der Waals surface area (Å²) < 4.78 is 4.65. The maximum Gasteiger partial charge on any atom is 0.0991 e. The number of para-hydroxylation sites is 2. The largest absolute Gasteiger partial charge is 0.309 e. The number of hydrogen-bond acceptors (Lipinski definition) is 1. The molecule has 0 fully saturated rings. The fraction of sp³-hybridized carbons (Fsp3) is 0. The molecule has 9 rings (SSSR count). The number of rotatable bonds is 4. The van der Waals surface area contributed by atoms with Crippen molar-refractivity contribution < 1.29 is 0 Å². The molecule has 0 saturated heterocycles. The van der Waals surface area contributed by atoms with Gasteiger partial charge in [-0.15, -0.1) is 0 Å². The molecule has 0 aliphatic carbocycles. The zero-order valence-electron chi connectivity index (χ0n) is 24.9. The molecule has 7 aromatic carbocycles. The van der Waals surface area contributed by atoms with Crippen LogP contribution in [0.25, 0.3) is 77.2 Å². The highest BCUT2D eigenvalue weighted by atomic mass is 15.0. The lowest BCUT2D eigenvalue weighted by molar-refractivity contribution is 1.18. The van der Waals surface area contributed by atoms with E-state index in [1.165, 1.54) is 44.1 Å². The van der Waals surface area contributed by atoms with E-state index in [-0.39, 0.29) is 0 Å². The molecule has 3 nitrogen and oxygen atoms in total. The van der Waals surface area contributed by atoms with Crippen molar-refractivity contribution in [3.05, 3.63) is 169 Å². The third kappa shape index (κ3) is 4.05. The highest BCUT2D eigenvalue weighted by molar-refractivity contribution is 6.11. The normalized spacial score (nSPS) is 11.5. The van der Waals surface area contributed by atoms with E-state index in [1.807, 2.05) is 12.1 Å². The zero-order valence-corrected chi connectivity index (χ0v) is 24.9. The Morgan fingerprint density at radius 1 is 0.348 bits per heavy atom. The molecule has 3 heteroatoms. The lowest BCUT2D eigenvalue weighted by atomic mass is 10.0. The van der Waals surface area contributed by atoms with Crippen LogP contribution in [0.3, 0.4) is 0 Å². The van der Waals surface area contributed by atoms with Gasteiger partial charge in [-0.05, 0) is 89.0 Å². The summed E-state index contributed by atoms with van der Waals surface area (Å²) in [5, 5.41) is 14.2. The summed E-state index contributed by atoms with van der Waals surface area (Å²) in [5.74, 6) is 0. The fourth-order valence-corrected chi connectivity index (χ4v) is 6.99. The number of nitrogens with zero attached hydrogens (tertiary/aromatic N) is 3. The van der Waals surface area contributed by atoms with Crippen LogP contribution in [0.1, 0.15) is 5.56 Å².